The number of carbonyl (C=O) groups is 1. The molecule has 1 amide bonds. The molecule has 0 aliphatic carbocycles. The molecule has 19 heavy (non-hydrogen) atoms. The van der Waals surface area contributed by atoms with Crippen molar-refractivity contribution >= 4 is 11.9 Å². The summed E-state index contributed by atoms with van der Waals surface area (Å²) in [4.78, 5) is 18.6. The minimum atomic E-state index is -0.483. The van der Waals surface area contributed by atoms with E-state index in [4.69, 9.17) is 15.3 Å². The molecule has 0 aromatic rings. The van der Waals surface area contributed by atoms with Gasteiger partial charge in [-0.1, -0.05) is 11.7 Å². The molecule has 1 saturated heterocycles. The molecule has 1 rings (SSSR count). The lowest BCUT2D eigenvalue weighted by Crippen LogP contribution is -2.35. The van der Waals surface area contributed by atoms with Crippen LogP contribution < -0.4 is 5.73 Å². The molecule has 1 heterocycles. The van der Waals surface area contributed by atoms with E-state index in [0.717, 1.165) is 6.42 Å². The van der Waals surface area contributed by atoms with Crippen molar-refractivity contribution in [2.75, 3.05) is 13.1 Å². The molecule has 6 nitrogen and oxygen atoms in total. The van der Waals surface area contributed by atoms with Gasteiger partial charge in [0.15, 0.2) is 0 Å². The van der Waals surface area contributed by atoms with Crippen molar-refractivity contribution in [1.29, 1.82) is 0 Å². The second-order valence-corrected chi connectivity index (χ2v) is 5.70. The van der Waals surface area contributed by atoms with Gasteiger partial charge in [0.05, 0.1) is 0 Å². The van der Waals surface area contributed by atoms with Crippen molar-refractivity contribution in [3.05, 3.63) is 12.3 Å². The minimum Gasteiger partial charge on any atom is -0.444 e. The van der Waals surface area contributed by atoms with Crippen molar-refractivity contribution in [3.8, 4) is 0 Å². The zero-order valence-corrected chi connectivity index (χ0v) is 12.1. The fourth-order valence-corrected chi connectivity index (χ4v) is 1.72. The Hall–Kier alpha value is -1.72. The molecular formula is C13H23N3O3. The predicted octanol–water partition coefficient (Wildman–Crippen LogP) is 2.07. The van der Waals surface area contributed by atoms with E-state index in [0.29, 0.717) is 24.7 Å². The SMILES string of the molecule is C=C(O/N=C(/C)N)C1CCN(C(=O)OC(C)(C)C)C1. The predicted molar refractivity (Wildman–Crippen MR) is 73.4 cm³/mol. The van der Waals surface area contributed by atoms with Gasteiger partial charge < -0.3 is 20.2 Å². The van der Waals surface area contributed by atoms with Crippen LogP contribution in [0.25, 0.3) is 0 Å². The Morgan fingerprint density at radius 2 is 2.11 bits per heavy atom. The summed E-state index contributed by atoms with van der Waals surface area (Å²) in [6.45, 7) is 12.2. The van der Waals surface area contributed by atoms with Crippen LogP contribution in [-0.4, -0.2) is 35.5 Å². The highest BCUT2D eigenvalue weighted by Crippen LogP contribution is 2.25. The van der Waals surface area contributed by atoms with Gasteiger partial charge in [-0.3, -0.25) is 0 Å². The van der Waals surface area contributed by atoms with Gasteiger partial charge in [-0.25, -0.2) is 4.79 Å². The summed E-state index contributed by atoms with van der Waals surface area (Å²) in [5.74, 6) is 0.926. The maximum absolute atomic E-state index is 11.9. The lowest BCUT2D eigenvalue weighted by molar-refractivity contribution is 0.0286. The first-order valence-corrected chi connectivity index (χ1v) is 6.33. The first kappa shape index (κ1) is 15.3. The molecule has 0 radical (unpaired) electrons. The molecule has 0 bridgehead atoms. The molecule has 1 aliphatic rings. The number of ether oxygens (including phenoxy) is 1. The topological polar surface area (TPSA) is 77.2 Å². The number of nitrogens with two attached hydrogens (primary N) is 1. The van der Waals surface area contributed by atoms with Crippen LogP contribution in [0.4, 0.5) is 4.79 Å². The number of amides is 1. The summed E-state index contributed by atoms with van der Waals surface area (Å²) < 4.78 is 5.32. The molecule has 1 aliphatic heterocycles. The summed E-state index contributed by atoms with van der Waals surface area (Å²) in [5.41, 5.74) is 4.90. The Morgan fingerprint density at radius 3 is 2.63 bits per heavy atom. The van der Waals surface area contributed by atoms with Crippen LogP contribution in [0, 0.1) is 5.92 Å². The number of nitrogens with zero attached hydrogens (tertiary/aromatic N) is 2. The van der Waals surface area contributed by atoms with Crippen molar-refractivity contribution in [1.82, 2.24) is 4.90 Å². The number of rotatable bonds is 3. The van der Waals surface area contributed by atoms with Gasteiger partial charge in [0.25, 0.3) is 0 Å². The fourth-order valence-electron chi connectivity index (χ4n) is 1.72. The highest BCUT2D eigenvalue weighted by Gasteiger charge is 2.31. The second-order valence-electron chi connectivity index (χ2n) is 5.70. The van der Waals surface area contributed by atoms with E-state index in [1.807, 2.05) is 20.8 Å². The summed E-state index contributed by atoms with van der Waals surface area (Å²) >= 11 is 0. The van der Waals surface area contributed by atoms with Crippen LogP contribution in [-0.2, 0) is 9.57 Å². The smallest absolute Gasteiger partial charge is 0.410 e. The third-order valence-electron chi connectivity index (χ3n) is 2.60. The van der Waals surface area contributed by atoms with Gasteiger partial charge in [-0.2, -0.15) is 0 Å². The molecule has 1 atom stereocenters. The number of carbonyl (C=O) groups excluding carboxylic acids is 1. The van der Waals surface area contributed by atoms with E-state index < -0.39 is 5.60 Å². The Kier molecular flexibility index (Phi) is 4.80. The Bertz CT molecular complexity index is 381. The molecule has 0 aromatic heterocycles. The largest absolute Gasteiger partial charge is 0.444 e. The van der Waals surface area contributed by atoms with Crippen LogP contribution in [0.3, 0.4) is 0 Å². The Morgan fingerprint density at radius 1 is 1.47 bits per heavy atom. The van der Waals surface area contributed by atoms with Crippen LogP contribution >= 0.6 is 0 Å². The van der Waals surface area contributed by atoms with Crippen LogP contribution in [0.5, 0.6) is 0 Å². The zero-order valence-electron chi connectivity index (χ0n) is 12.1. The highest BCUT2D eigenvalue weighted by atomic mass is 16.6. The number of oxime groups is 1. The summed E-state index contributed by atoms with van der Waals surface area (Å²) in [5, 5.41) is 3.66. The molecule has 1 fully saturated rings. The maximum atomic E-state index is 11.9. The van der Waals surface area contributed by atoms with Crippen LogP contribution in [0.15, 0.2) is 17.5 Å². The van der Waals surface area contributed by atoms with Crippen LogP contribution in [0.2, 0.25) is 0 Å². The van der Waals surface area contributed by atoms with E-state index in [1.165, 1.54) is 0 Å². The lowest BCUT2D eigenvalue weighted by Gasteiger charge is -2.24. The van der Waals surface area contributed by atoms with E-state index in [-0.39, 0.29) is 12.0 Å². The van der Waals surface area contributed by atoms with E-state index in [9.17, 15) is 4.79 Å². The van der Waals surface area contributed by atoms with Gasteiger partial charge in [0.1, 0.15) is 17.2 Å². The third kappa shape index (κ3) is 5.19. The number of likely N-dealkylation sites (tertiary alicyclic amines) is 1. The average molecular weight is 269 g/mol. The number of hydrogen-bond donors (Lipinski definition) is 1. The van der Waals surface area contributed by atoms with Crippen molar-refractivity contribution in [2.24, 2.45) is 16.8 Å². The van der Waals surface area contributed by atoms with E-state index in [1.54, 1.807) is 11.8 Å². The fraction of sp³-hybridized carbons (Fsp3) is 0.692. The quantitative estimate of drug-likeness (QED) is 0.368. The van der Waals surface area contributed by atoms with Gasteiger partial charge >= 0.3 is 6.09 Å². The average Bonchev–Trinajstić information content (AvgIpc) is 2.72. The first-order valence-electron chi connectivity index (χ1n) is 6.33. The second kappa shape index (κ2) is 5.95. The molecule has 0 aromatic carbocycles. The van der Waals surface area contributed by atoms with Gasteiger partial charge in [-0.05, 0) is 34.1 Å². The summed E-state index contributed by atoms with van der Waals surface area (Å²) in [6, 6.07) is 0. The normalized spacial score (nSPS) is 20.3. The van der Waals surface area contributed by atoms with Crippen molar-refractivity contribution < 1.29 is 14.4 Å². The molecule has 1 unspecified atom stereocenters. The highest BCUT2D eigenvalue weighted by molar-refractivity contribution is 5.76. The molecule has 0 spiro atoms. The van der Waals surface area contributed by atoms with Crippen molar-refractivity contribution in [3.63, 3.8) is 0 Å². The van der Waals surface area contributed by atoms with Gasteiger partial charge in [0, 0.05) is 19.0 Å². The Balaban J connectivity index is 2.47. The molecule has 2 N–H and O–H groups in total. The monoisotopic (exact) mass is 269 g/mol. The van der Waals surface area contributed by atoms with Crippen LogP contribution in [0.1, 0.15) is 34.1 Å². The summed E-state index contributed by atoms with van der Waals surface area (Å²) in [7, 11) is 0. The molecule has 108 valence electrons. The van der Waals surface area contributed by atoms with E-state index >= 15 is 0 Å². The zero-order chi connectivity index (χ0) is 14.6. The molecular weight excluding hydrogens is 246 g/mol. The third-order valence-corrected chi connectivity index (χ3v) is 2.60. The van der Waals surface area contributed by atoms with Gasteiger partial charge in [-0.15, -0.1) is 0 Å². The Labute approximate surface area is 114 Å². The van der Waals surface area contributed by atoms with E-state index in [2.05, 4.69) is 11.7 Å². The number of amidine groups is 1. The minimum absolute atomic E-state index is 0.0654. The molecule has 6 heteroatoms. The van der Waals surface area contributed by atoms with Gasteiger partial charge in [0.2, 0.25) is 0 Å². The maximum Gasteiger partial charge on any atom is 0.410 e. The standard InChI is InChI=1S/C13H23N3O3/c1-9(19-15-10(2)14)11-6-7-16(8-11)12(17)18-13(3,4)5/h11H,1,6-8H2,2-5H3,(H2,14,15). The van der Waals surface area contributed by atoms with Crippen molar-refractivity contribution in [2.45, 2.75) is 39.7 Å². The lowest BCUT2D eigenvalue weighted by atomic mass is 10.1. The molecule has 0 saturated carbocycles. The first-order chi connectivity index (χ1) is 8.69. The number of hydrogen-bond acceptors (Lipinski definition) is 4. The summed E-state index contributed by atoms with van der Waals surface area (Å²) in [6.07, 6.45) is 0.485.